The summed E-state index contributed by atoms with van der Waals surface area (Å²) in [6, 6.07) is 2.34. The Morgan fingerprint density at radius 1 is 1.16 bits per heavy atom. The Balaban J connectivity index is 2.12. The van der Waals surface area contributed by atoms with Crippen LogP contribution in [0, 0.1) is 13.8 Å². The summed E-state index contributed by atoms with van der Waals surface area (Å²) in [5.74, 6) is 0. The number of rotatable bonds is 4. The van der Waals surface area contributed by atoms with Crippen LogP contribution in [0.1, 0.15) is 47.1 Å². The second-order valence-corrected chi connectivity index (χ2v) is 8.09. The van der Waals surface area contributed by atoms with Gasteiger partial charge in [-0.15, -0.1) is 22.7 Å². The molecule has 0 amide bonds. The number of thiazole rings is 1. The maximum atomic E-state index is 6.19. The highest BCUT2D eigenvalue weighted by molar-refractivity contribution is 7.20. The summed E-state index contributed by atoms with van der Waals surface area (Å²) in [5.41, 5.74) is 2.16. The highest BCUT2D eigenvalue weighted by atomic mass is 35.5. The van der Waals surface area contributed by atoms with Gasteiger partial charge in [0.25, 0.3) is 0 Å². The van der Waals surface area contributed by atoms with E-state index in [4.69, 9.17) is 23.2 Å². The molecule has 104 valence electrons. The van der Waals surface area contributed by atoms with Crippen LogP contribution in [0.25, 0.3) is 0 Å². The first-order valence-electron chi connectivity index (χ1n) is 6.03. The van der Waals surface area contributed by atoms with Crippen molar-refractivity contribution in [1.29, 1.82) is 0 Å². The number of nitrogens with zero attached hydrogens (tertiary/aromatic N) is 1. The smallest absolute Gasteiger partial charge is 0.0991 e. The lowest BCUT2D eigenvalue weighted by molar-refractivity contribution is 0.499. The number of aryl methyl sites for hydroxylation is 2. The molecule has 0 saturated carbocycles. The molecule has 0 fully saturated rings. The molecule has 0 spiro atoms. The Labute approximate surface area is 131 Å². The third-order valence-corrected chi connectivity index (χ3v) is 5.76. The Kier molecular flexibility index (Phi) is 4.90. The zero-order valence-electron chi connectivity index (χ0n) is 11.3. The predicted molar refractivity (Wildman–Crippen MR) is 85.9 cm³/mol. The van der Waals surface area contributed by atoms with E-state index in [1.165, 1.54) is 16.2 Å². The van der Waals surface area contributed by atoms with Crippen molar-refractivity contribution in [1.82, 2.24) is 10.3 Å². The largest absolute Gasteiger partial charge is 0.303 e. The molecule has 0 saturated heterocycles. The first kappa shape index (κ1) is 15.3. The highest BCUT2D eigenvalue weighted by Crippen LogP contribution is 2.36. The fourth-order valence-electron chi connectivity index (χ4n) is 2.14. The third kappa shape index (κ3) is 3.50. The Morgan fingerprint density at radius 2 is 1.84 bits per heavy atom. The molecular weight excluding hydrogens is 319 g/mol. The summed E-state index contributed by atoms with van der Waals surface area (Å²) in [7, 11) is 0. The minimum atomic E-state index is 0.160. The van der Waals surface area contributed by atoms with Crippen molar-refractivity contribution in [2.45, 2.75) is 39.8 Å². The van der Waals surface area contributed by atoms with Crippen molar-refractivity contribution in [2.24, 2.45) is 0 Å². The van der Waals surface area contributed by atoms with Crippen LogP contribution in [0.2, 0.25) is 8.67 Å². The lowest BCUT2D eigenvalue weighted by atomic mass is 10.1. The summed E-state index contributed by atoms with van der Waals surface area (Å²) in [6.45, 7) is 8.34. The molecule has 0 aliphatic rings. The molecule has 2 rings (SSSR count). The molecule has 2 heterocycles. The average molecular weight is 335 g/mol. The second kappa shape index (κ2) is 6.10. The molecule has 2 nitrogen and oxygen atoms in total. The van der Waals surface area contributed by atoms with Gasteiger partial charge in [-0.05, 0) is 39.3 Å². The van der Waals surface area contributed by atoms with Crippen molar-refractivity contribution in [2.75, 3.05) is 0 Å². The van der Waals surface area contributed by atoms with Gasteiger partial charge in [0, 0.05) is 17.0 Å². The van der Waals surface area contributed by atoms with Crippen LogP contribution in [-0.4, -0.2) is 4.98 Å². The minimum absolute atomic E-state index is 0.160. The lowest BCUT2D eigenvalue weighted by Crippen LogP contribution is -2.22. The number of aromatic nitrogens is 1. The topological polar surface area (TPSA) is 24.9 Å². The standard InChI is InChI=1S/C13H16Cl2N2S2/c1-6(10-5-11(14)19-13(10)15)16-7(2)12-8(3)17-9(4)18-12/h5-7,16H,1-4H3. The second-order valence-electron chi connectivity index (χ2n) is 4.57. The zero-order chi connectivity index (χ0) is 14.2. The van der Waals surface area contributed by atoms with E-state index in [1.54, 1.807) is 11.3 Å². The van der Waals surface area contributed by atoms with Crippen LogP contribution in [0.5, 0.6) is 0 Å². The van der Waals surface area contributed by atoms with Gasteiger partial charge < -0.3 is 5.32 Å². The molecule has 1 N–H and O–H groups in total. The van der Waals surface area contributed by atoms with Gasteiger partial charge >= 0.3 is 0 Å². The number of hydrogen-bond acceptors (Lipinski definition) is 4. The molecule has 0 radical (unpaired) electrons. The van der Waals surface area contributed by atoms with E-state index >= 15 is 0 Å². The van der Waals surface area contributed by atoms with Gasteiger partial charge in [0.2, 0.25) is 0 Å². The van der Waals surface area contributed by atoms with Crippen molar-refractivity contribution in [3.8, 4) is 0 Å². The molecule has 2 atom stereocenters. The maximum absolute atomic E-state index is 6.19. The molecule has 19 heavy (non-hydrogen) atoms. The van der Waals surface area contributed by atoms with E-state index < -0.39 is 0 Å². The number of hydrogen-bond donors (Lipinski definition) is 1. The van der Waals surface area contributed by atoms with Gasteiger partial charge in [-0.1, -0.05) is 23.2 Å². The summed E-state index contributed by atoms with van der Waals surface area (Å²) in [6.07, 6.45) is 0. The number of thiophene rings is 1. The van der Waals surface area contributed by atoms with Crippen molar-refractivity contribution in [3.05, 3.63) is 35.9 Å². The molecule has 2 aromatic heterocycles. The highest BCUT2D eigenvalue weighted by Gasteiger charge is 2.18. The minimum Gasteiger partial charge on any atom is -0.303 e. The Hall–Kier alpha value is -0.130. The van der Waals surface area contributed by atoms with E-state index in [0.717, 1.165) is 24.9 Å². The summed E-state index contributed by atoms with van der Waals surface area (Å²) in [4.78, 5) is 5.75. The molecule has 2 unspecified atom stereocenters. The van der Waals surface area contributed by atoms with Crippen LogP contribution < -0.4 is 5.32 Å². The maximum Gasteiger partial charge on any atom is 0.0991 e. The molecule has 0 aliphatic heterocycles. The van der Waals surface area contributed by atoms with Crippen LogP contribution in [-0.2, 0) is 0 Å². The Bertz CT molecular complexity index is 527. The fourth-order valence-corrected chi connectivity index (χ4v) is 4.72. The molecule has 6 heteroatoms. The van der Waals surface area contributed by atoms with E-state index in [2.05, 4.69) is 31.1 Å². The predicted octanol–water partition coefficient (Wildman–Crippen LogP) is 5.54. The Morgan fingerprint density at radius 3 is 2.32 bits per heavy atom. The van der Waals surface area contributed by atoms with Crippen LogP contribution in [0.15, 0.2) is 6.07 Å². The van der Waals surface area contributed by atoms with Crippen LogP contribution in [0.4, 0.5) is 0 Å². The molecule has 0 aromatic carbocycles. The first-order valence-corrected chi connectivity index (χ1v) is 8.42. The molecule has 0 aliphatic carbocycles. The van der Waals surface area contributed by atoms with Crippen molar-refractivity contribution < 1.29 is 0 Å². The third-order valence-electron chi connectivity index (χ3n) is 2.98. The zero-order valence-corrected chi connectivity index (χ0v) is 14.4. The molecule has 2 aromatic rings. The fraction of sp³-hybridized carbons (Fsp3) is 0.462. The van der Waals surface area contributed by atoms with Gasteiger partial charge in [0.15, 0.2) is 0 Å². The van der Waals surface area contributed by atoms with E-state index in [9.17, 15) is 0 Å². The van der Waals surface area contributed by atoms with E-state index in [-0.39, 0.29) is 12.1 Å². The SMILES string of the molecule is Cc1nc(C)c(C(C)NC(C)c2cc(Cl)sc2Cl)s1. The van der Waals surface area contributed by atoms with Crippen molar-refractivity contribution >= 4 is 45.9 Å². The average Bonchev–Trinajstić information content (AvgIpc) is 2.81. The first-order chi connectivity index (χ1) is 8.88. The van der Waals surface area contributed by atoms with E-state index in [1.807, 2.05) is 13.0 Å². The van der Waals surface area contributed by atoms with Crippen LogP contribution in [0.3, 0.4) is 0 Å². The van der Waals surface area contributed by atoms with E-state index in [0.29, 0.717) is 0 Å². The van der Waals surface area contributed by atoms with Gasteiger partial charge in [0.05, 0.1) is 19.4 Å². The van der Waals surface area contributed by atoms with Gasteiger partial charge in [0.1, 0.15) is 0 Å². The lowest BCUT2D eigenvalue weighted by Gasteiger charge is -2.19. The van der Waals surface area contributed by atoms with Crippen molar-refractivity contribution in [3.63, 3.8) is 0 Å². The quantitative estimate of drug-likeness (QED) is 0.793. The van der Waals surface area contributed by atoms with Gasteiger partial charge in [-0.2, -0.15) is 0 Å². The van der Waals surface area contributed by atoms with Gasteiger partial charge in [-0.3, -0.25) is 0 Å². The van der Waals surface area contributed by atoms with Crippen LogP contribution >= 0.6 is 45.9 Å². The molecular formula is C13H16Cl2N2S2. The molecule has 0 bridgehead atoms. The summed E-state index contributed by atoms with van der Waals surface area (Å²) >= 11 is 15.3. The summed E-state index contributed by atoms with van der Waals surface area (Å²) < 4.78 is 1.49. The normalized spacial score (nSPS) is 14.6. The number of halogens is 2. The summed E-state index contributed by atoms with van der Waals surface area (Å²) in [5, 5.41) is 4.66. The number of nitrogens with one attached hydrogen (secondary N) is 1. The van der Waals surface area contributed by atoms with Gasteiger partial charge in [-0.25, -0.2) is 4.98 Å². The monoisotopic (exact) mass is 334 g/mol.